The van der Waals surface area contributed by atoms with Gasteiger partial charge >= 0.3 is 5.97 Å². The molecule has 0 aromatic heterocycles. The van der Waals surface area contributed by atoms with Crippen LogP contribution >= 0.6 is 0 Å². The number of hydrogen-bond acceptors (Lipinski definition) is 4. The Bertz CT molecular complexity index is 473. The number of carbonyl (C=O) groups excluding carboxylic acids is 1. The van der Waals surface area contributed by atoms with Crippen LogP contribution in [0, 0.1) is 5.92 Å². The number of aliphatic carboxylic acids is 1. The molecule has 0 bridgehead atoms. The van der Waals surface area contributed by atoms with E-state index in [1.807, 2.05) is 24.3 Å². The minimum absolute atomic E-state index is 0.239. The molecule has 1 heterocycles. The Kier molecular flexibility index (Phi) is 3.74. The zero-order valence-corrected chi connectivity index (χ0v) is 9.93. The zero-order valence-electron chi connectivity index (χ0n) is 9.93. The lowest BCUT2D eigenvalue weighted by Gasteiger charge is -2.29. The maximum Gasteiger partial charge on any atom is 0.315 e. The molecular formula is C13H16N2O3. The van der Waals surface area contributed by atoms with E-state index in [0.717, 1.165) is 11.1 Å². The molecule has 96 valence electrons. The van der Waals surface area contributed by atoms with Gasteiger partial charge in [0.2, 0.25) is 0 Å². The Labute approximate surface area is 105 Å². The Hall–Kier alpha value is -1.72. The van der Waals surface area contributed by atoms with Gasteiger partial charge in [-0.3, -0.25) is 9.59 Å². The predicted molar refractivity (Wildman–Crippen MR) is 66.0 cm³/mol. The van der Waals surface area contributed by atoms with Crippen LogP contribution < -0.4 is 11.1 Å². The van der Waals surface area contributed by atoms with Crippen LogP contribution in [0.15, 0.2) is 24.3 Å². The van der Waals surface area contributed by atoms with Crippen molar-refractivity contribution in [3.8, 4) is 0 Å². The van der Waals surface area contributed by atoms with Crippen molar-refractivity contribution in [3.63, 3.8) is 0 Å². The third-order valence-corrected chi connectivity index (χ3v) is 3.33. The van der Waals surface area contributed by atoms with Crippen LogP contribution in [0.1, 0.15) is 11.1 Å². The van der Waals surface area contributed by atoms with Crippen molar-refractivity contribution in [2.75, 3.05) is 6.54 Å². The fraction of sp³-hybridized carbons (Fsp3) is 0.385. The van der Waals surface area contributed by atoms with E-state index in [-0.39, 0.29) is 12.6 Å². The third-order valence-electron chi connectivity index (χ3n) is 3.33. The van der Waals surface area contributed by atoms with Crippen molar-refractivity contribution in [1.29, 1.82) is 0 Å². The minimum atomic E-state index is -1.11. The first kappa shape index (κ1) is 12.7. The number of carbonyl (C=O) groups is 2. The Morgan fingerprint density at radius 1 is 1.39 bits per heavy atom. The summed E-state index contributed by atoms with van der Waals surface area (Å²) in [5.41, 5.74) is 7.52. The van der Waals surface area contributed by atoms with E-state index < -0.39 is 17.7 Å². The number of carboxylic acids is 1. The average Bonchev–Trinajstić information content (AvgIpc) is 2.38. The van der Waals surface area contributed by atoms with E-state index in [9.17, 15) is 9.59 Å². The van der Waals surface area contributed by atoms with Crippen molar-refractivity contribution in [3.05, 3.63) is 35.4 Å². The molecule has 0 saturated heterocycles. The number of nitrogens with one attached hydrogen (secondary N) is 1. The molecule has 1 aromatic rings. The lowest BCUT2D eigenvalue weighted by Crippen LogP contribution is -2.49. The molecule has 0 fully saturated rings. The molecule has 0 aliphatic carbocycles. The van der Waals surface area contributed by atoms with Gasteiger partial charge in [-0.15, -0.1) is 0 Å². The van der Waals surface area contributed by atoms with Crippen LogP contribution in [0.3, 0.4) is 0 Å². The number of Topliss-reactive ketones (excluding diaryl/α,β-unsaturated/α-hetero) is 1. The molecule has 18 heavy (non-hydrogen) atoms. The normalized spacial score (nSPS) is 19.9. The van der Waals surface area contributed by atoms with Gasteiger partial charge in [-0.25, -0.2) is 0 Å². The highest BCUT2D eigenvalue weighted by Gasteiger charge is 2.35. The van der Waals surface area contributed by atoms with E-state index in [4.69, 9.17) is 10.8 Å². The summed E-state index contributed by atoms with van der Waals surface area (Å²) in [6, 6.07) is 7.45. The highest BCUT2D eigenvalue weighted by atomic mass is 16.4. The van der Waals surface area contributed by atoms with Crippen LogP contribution in [0.5, 0.6) is 0 Å². The highest BCUT2D eigenvalue weighted by molar-refractivity contribution is 6.00. The zero-order chi connectivity index (χ0) is 13.1. The van der Waals surface area contributed by atoms with E-state index in [1.165, 1.54) is 0 Å². The number of ketones is 1. The van der Waals surface area contributed by atoms with Crippen molar-refractivity contribution >= 4 is 11.8 Å². The first-order valence-electron chi connectivity index (χ1n) is 5.89. The topological polar surface area (TPSA) is 92.4 Å². The van der Waals surface area contributed by atoms with Crippen LogP contribution in [-0.4, -0.2) is 29.4 Å². The van der Waals surface area contributed by atoms with Crippen molar-refractivity contribution < 1.29 is 14.7 Å². The fourth-order valence-electron chi connectivity index (χ4n) is 2.38. The minimum Gasteiger partial charge on any atom is -0.481 e. The second-order valence-corrected chi connectivity index (χ2v) is 4.45. The Morgan fingerprint density at radius 2 is 2.06 bits per heavy atom. The van der Waals surface area contributed by atoms with Gasteiger partial charge in [0.1, 0.15) is 5.92 Å². The maximum absolute atomic E-state index is 11.6. The molecule has 0 spiro atoms. The number of fused-ring (bicyclic) bond motifs is 1. The lowest BCUT2D eigenvalue weighted by molar-refractivity contribution is -0.147. The van der Waals surface area contributed by atoms with E-state index in [2.05, 4.69) is 5.32 Å². The number of hydrogen-bond donors (Lipinski definition) is 3. The van der Waals surface area contributed by atoms with Crippen molar-refractivity contribution in [2.24, 2.45) is 11.7 Å². The number of nitrogens with two attached hydrogens (primary N) is 1. The standard InChI is InChI=1S/C13H16N2O3/c14-6-11(16)12(13(17)18)10-5-8-3-1-2-4-9(8)7-15-10/h1-4,10,12,15H,5-7,14H2,(H,17,18). The summed E-state index contributed by atoms with van der Waals surface area (Å²) in [5, 5.41) is 12.3. The molecule has 2 rings (SSSR count). The van der Waals surface area contributed by atoms with Crippen LogP contribution in [0.25, 0.3) is 0 Å². The molecule has 2 unspecified atom stereocenters. The molecule has 5 heteroatoms. The Morgan fingerprint density at radius 3 is 2.67 bits per heavy atom. The van der Waals surface area contributed by atoms with Crippen LogP contribution in [-0.2, 0) is 22.6 Å². The third kappa shape index (κ3) is 2.42. The SMILES string of the molecule is NCC(=O)C(C(=O)O)C1Cc2ccccc2CN1. The van der Waals surface area contributed by atoms with Gasteiger partial charge in [0.15, 0.2) is 5.78 Å². The second-order valence-electron chi connectivity index (χ2n) is 4.45. The molecule has 0 saturated carbocycles. The number of benzene rings is 1. The summed E-state index contributed by atoms with van der Waals surface area (Å²) >= 11 is 0. The van der Waals surface area contributed by atoms with Gasteiger partial charge in [0.25, 0.3) is 0 Å². The van der Waals surface area contributed by atoms with Gasteiger partial charge in [0, 0.05) is 12.6 Å². The molecule has 1 aliphatic heterocycles. The van der Waals surface area contributed by atoms with Gasteiger partial charge in [-0.05, 0) is 17.5 Å². The number of carboxylic acid groups (broad SMARTS) is 1. The summed E-state index contributed by atoms with van der Waals surface area (Å²) in [7, 11) is 0. The summed E-state index contributed by atoms with van der Waals surface area (Å²) in [5.74, 6) is -2.61. The van der Waals surface area contributed by atoms with E-state index >= 15 is 0 Å². The molecule has 0 amide bonds. The summed E-state index contributed by atoms with van der Waals surface area (Å²) in [6.45, 7) is 0.346. The molecule has 4 N–H and O–H groups in total. The molecule has 1 aliphatic rings. The second kappa shape index (κ2) is 5.29. The molecule has 1 aromatic carbocycles. The van der Waals surface area contributed by atoms with E-state index in [0.29, 0.717) is 13.0 Å². The smallest absolute Gasteiger partial charge is 0.315 e. The molecule has 2 atom stereocenters. The fourth-order valence-corrected chi connectivity index (χ4v) is 2.38. The van der Waals surface area contributed by atoms with Gasteiger partial charge in [-0.1, -0.05) is 24.3 Å². The summed E-state index contributed by atoms with van der Waals surface area (Å²) in [6.07, 6.45) is 0.541. The molecular weight excluding hydrogens is 232 g/mol. The quantitative estimate of drug-likeness (QED) is 0.649. The van der Waals surface area contributed by atoms with Crippen LogP contribution in [0.2, 0.25) is 0 Å². The van der Waals surface area contributed by atoms with Gasteiger partial charge in [-0.2, -0.15) is 0 Å². The van der Waals surface area contributed by atoms with Crippen molar-refractivity contribution in [1.82, 2.24) is 5.32 Å². The van der Waals surface area contributed by atoms with E-state index in [1.54, 1.807) is 0 Å². The lowest BCUT2D eigenvalue weighted by atomic mass is 9.86. The summed E-state index contributed by atoms with van der Waals surface area (Å²) < 4.78 is 0. The maximum atomic E-state index is 11.6. The largest absolute Gasteiger partial charge is 0.481 e. The monoisotopic (exact) mass is 248 g/mol. The Balaban J connectivity index is 2.20. The predicted octanol–water partition coefficient (Wildman–Crippen LogP) is -0.0705. The molecule has 0 radical (unpaired) electrons. The van der Waals surface area contributed by atoms with Gasteiger partial charge < -0.3 is 16.2 Å². The van der Waals surface area contributed by atoms with Crippen LogP contribution in [0.4, 0.5) is 0 Å². The first-order valence-corrected chi connectivity index (χ1v) is 5.89. The summed E-state index contributed by atoms with van der Waals surface area (Å²) in [4.78, 5) is 22.8. The van der Waals surface area contributed by atoms with Crippen molar-refractivity contribution in [2.45, 2.75) is 19.0 Å². The number of rotatable bonds is 4. The van der Waals surface area contributed by atoms with Gasteiger partial charge in [0.05, 0.1) is 6.54 Å². The first-order chi connectivity index (χ1) is 8.63. The molecule has 5 nitrogen and oxygen atoms in total. The average molecular weight is 248 g/mol. The highest BCUT2D eigenvalue weighted by Crippen LogP contribution is 2.21.